The highest BCUT2D eigenvalue weighted by molar-refractivity contribution is 5.17. The van der Waals surface area contributed by atoms with Gasteiger partial charge in [-0.2, -0.15) is 4.98 Å². The molecule has 1 fully saturated rings. The van der Waals surface area contributed by atoms with Crippen LogP contribution in [-0.4, -0.2) is 26.2 Å². The molecule has 136 valence electrons. The van der Waals surface area contributed by atoms with Crippen LogP contribution in [0.25, 0.3) is 0 Å². The molecule has 6 nitrogen and oxygen atoms in total. The van der Waals surface area contributed by atoms with Crippen LogP contribution in [0.2, 0.25) is 0 Å². The van der Waals surface area contributed by atoms with Gasteiger partial charge in [0.05, 0.1) is 11.7 Å². The molecule has 1 N–H and O–H groups in total. The lowest BCUT2D eigenvalue weighted by atomic mass is 9.93. The van der Waals surface area contributed by atoms with Gasteiger partial charge in [-0.05, 0) is 32.6 Å². The smallest absolute Gasteiger partial charge is 0.243 e. The molecule has 4 rings (SSSR count). The Kier molecular flexibility index (Phi) is 4.18. The van der Waals surface area contributed by atoms with Gasteiger partial charge in [0, 0.05) is 36.5 Å². The van der Waals surface area contributed by atoms with Crippen LogP contribution in [0.1, 0.15) is 94.5 Å². The van der Waals surface area contributed by atoms with Crippen LogP contribution >= 0.6 is 0 Å². The fourth-order valence-electron chi connectivity index (χ4n) is 3.46. The SMILES string of the molecule is C[C@H](NC[C@H]1CCCn2cc(C(C)(C)C)nc21)c1nc(C2CC2)no1. The topological polar surface area (TPSA) is 68.8 Å². The van der Waals surface area contributed by atoms with Crippen LogP contribution in [0.4, 0.5) is 0 Å². The molecule has 3 heterocycles. The Balaban J connectivity index is 1.42. The number of nitrogens with one attached hydrogen (secondary N) is 1. The summed E-state index contributed by atoms with van der Waals surface area (Å²) in [6.45, 7) is 10.7. The minimum Gasteiger partial charge on any atom is -0.338 e. The van der Waals surface area contributed by atoms with Crippen molar-refractivity contribution >= 4 is 0 Å². The molecular weight excluding hydrogens is 314 g/mol. The number of fused-ring (bicyclic) bond motifs is 1. The molecule has 0 bridgehead atoms. The molecule has 0 spiro atoms. The zero-order valence-electron chi connectivity index (χ0n) is 15.7. The van der Waals surface area contributed by atoms with Gasteiger partial charge in [0.25, 0.3) is 0 Å². The van der Waals surface area contributed by atoms with Crippen LogP contribution < -0.4 is 5.32 Å². The van der Waals surface area contributed by atoms with Gasteiger partial charge in [0.2, 0.25) is 5.89 Å². The minimum absolute atomic E-state index is 0.0763. The molecule has 2 aromatic rings. The highest BCUT2D eigenvalue weighted by atomic mass is 16.5. The van der Waals surface area contributed by atoms with Crippen molar-refractivity contribution in [3.8, 4) is 0 Å². The van der Waals surface area contributed by atoms with E-state index in [2.05, 4.69) is 53.9 Å². The molecule has 2 aromatic heterocycles. The van der Waals surface area contributed by atoms with E-state index in [0.29, 0.717) is 17.7 Å². The van der Waals surface area contributed by atoms with Crippen molar-refractivity contribution in [1.82, 2.24) is 25.0 Å². The van der Waals surface area contributed by atoms with Gasteiger partial charge in [-0.3, -0.25) is 0 Å². The molecule has 0 saturated heterocycles. The molecular formula is C19H29N5O. The van der Waals surface area contributed by atoms with Crippen molar-refractivity contribution in [2.75, 3.05) is 6.54 Å². The minimum atomic E-state index is 0.0763. The summed E-state index contributed by atoms with van der Waals surface area (Å²) in [5, 5.41) is 7.70. The van der Waals surface area contributed by atoms with Gasteiger partial charge >= 0.3 is 0 Å². The standard InChI is InChI=1S/C19H29N5O/c1-12(18-22-16(23-25-18)13-7-8-13)20-10-14-6-5-9-24-11-15(19(2,3)4)21-17(14)24/h11-14,20H,5-10H2,1-4H3/t12-,14+/m0/s1. The van der Waals surface area contributed by atoms with Crippen LogP contribution in [0.5, 0.6) is 0 Å². The number of rotatable bonds is 5. The summed E-state index contributed by atoms with van der Waals surface area (Å²) in [7, 11) is 0. The van der Waals surface area contributed by atoms with E-state index in [1.54, 1.807) is 0 Å². The van der Waals surface area contributed by atoms with E-state index in [1.165, 1.54) is 37.2 Å². The third-order valence-corrected chi connectivity index (χ3v) is 5.33. The van der Waals surface area contributed by atoms with Crippen LogP contribution in [0.15, 0.2) is 10.7 Å². The normalized spacial score (nSPS) is 22.0. The van der Waals surface area contributed by atoms with Gasteiger partial charge in [-0.15, -0.1) is 0 Å². The number of nitrogens with zero attached hydrogens (tertiary/aromatic N) is 4. The quantitative estimate of drug-likeness (QED) is 0.897. The molecule has 2 atom stereocenters. The molecule has 0 aromatic carbocycles. The van der Waals surface area contributed by atoms with Crippen molar-refractivity contribution < 1.29 is 4.52 Å². The Labute approximate surface area is 149 Å². The summed E-state index contributed by atoms with van der Waals surface area (Å²) >= 11 is 0. The molecule has 25 heavy (non-hydrogen) atoms. The monoisotopic (exact) mass is 343 g/mol. The molecule has 1 aliphatic carbocycles. The summed E-state index contributed by atoms with van der Waals surface area (Å²) in [6, 6.07) is 0.0763. The van der Waals surface area contributed by atoms with E-state index in [9.17, 15) is 0 Å². The molecule has 0 radical (unpaired) electrons. The first-order valence-corrected chi connectivity index (χ1v) is 9.56. The second-order valence-corrected chi connectivity index (χ2v) is 8.66. The Morgan fingerprint density at radius 2 is 2.08 bits per heavy atom. The predicted octanol–water partition coefficient (Wildman–Crippen LogP) is 3.67. The number of hydrogen-bond acceptors (Lipinski definition) is 5. The third-order valence-electron chi connectivity index (χ3n) is 5.33. The van der Waals surface area contributed by atoms with Crippen LogP contribution in [-0.2, 0) is 12.0 Å². The van der Waals surface area contributed by atoms with E-state index in [0.717, 1.165) is 18.9 Å². The zero-order chi connectivity index (χ0) is 17.6. The van der Waals surface area contributed by atoms with Crippen molar-refractivity contribution in [3.05, 3.63) is 29.4 Å². The lowest BCUT2D eigenvalue weighted by molar-refractivity contribution is 0.326. The third kappa shape index (κ3) is 3.50. The fraction of sp³-hybridized carbons (Fsp3) is 0.737. The lowest BCUT2D eigenvalue weighted by Gasteiger charge is -2.24. The lowest BCUT2D eigenvalue weighted by Crippen LogP contribution is -2.28. The molecule has 0 unspecified atom stereocenters. The predicted molar refractivity (Wildman–Crippen MR) is 95.6 cm³/mol. The van der Waals surface area contributed by atoms with Crippen molar-refractivity contribution in [2.45, 2.75) is 83.2 Å². The van der Waals surface area contributed by atoms with E-state index in [1.807, 2.05) is 0 Å². The molecule has 0 amide bonds. The van der Waals surface area contributed by atoms with E-state index >= 15 is 0 Å². The maximum Gasteiger partial charge on any atom is 0.243 e. The highest BCUT2D eigenvalue weighted by Crippen LogP contribution is 2.38. The Morgan fingerprint density at radius 1 is 1.28 bits per heavy atom. The van der Waals surface area contributed by atoms with Gasteiger partial charge < -0.3 is 14.4 Å². The fourth-order valence-corrected chi connectivity index (χ4v) is 3.46. The van der Waals surface area contributed by atoms with Crippen molar-refractivity contribution in [1.29, 1.82) is 0 Å². The van der Waals surface area contributed by atoms with E-state index in [-0.39, 0.29) is 11.5 Å². The average molecular weight is 343 g/mol. The number of hydrogen-bond donors (Lipinski definition) is 1. The van der Waals surface area contributed by atoms with Crippen molar-refractivity contribution in [2.24, 2.45) is 0 Å². The van der Waals surface area contributed by atoms with Crippen LogP contribution in [0.3, 0.4) is 0 Å². The first kappa shape index (κ1) is 16.8. The Hall–Kier alpha value is -1.69. The van der Waals surface area contributed by atoms with Crippen LogP contribution in [0, 0.1) is 0 Å². The summed E-state index contributed by atoms with van der Waals surface area (Å²) in [4.78, 5) is 9.52. The van der Waals surface area contributed by atoms with Gasteiger partial charge in [-0.25, -0.2) is 4.98 Å². The highest BCUT2D eigenvalue weighted by Gasteiger charge is 2.30. The molecule has 1 aliphatic heterocycles. The summed E-state index contributed by atoms with van der Waals surface area (Å²) in [6.07, 6.45) is 7.02. The maximum atomic E-state index is 5.44. The number of imidazole rings is 1. The Bertz CT molecular complexity index is 737. The number of aromatic nitrogens is 4. The van der Waals surface area contributed by atoms with Crippen molar-refractivity contribution in [3.63, 3.8) is 0 Å². The summed E-state index contributed by atoms with van der Waals surface area (Å²) in [5.74, 6) is 3.78. The second-order valence-electron chi connectivity index (χ2n) is 8.66. The van der Waals surface area contributed by atoms with Gasteiger partial charge in [0.1, 0.15) is 5.82 Å². The van der Waals surface area contributed by atoms with Gasteiger partial charge in [0.15, 0.2) is 5.82 Å². The first-order valence-electron chi connectivity index (χ1n) is 9.56. The maximum absolute atomic E-state index is 5.44. The zero-order valence-corrected chi connectivity index (χ0v) is 15.7. The molecule has 6 heteroatoms. The number of aryl methyl sites for hydroxylation is 1. The van der Waals surface area contributed by atoms with Gasteiger partial charge in [-0.1, -0.05) is 25.9 Å². The first-order chi connectivity index (χ1) is 11.9. The molecule has 1 saturated carbocycles. The summed E-state index contributed by atoms with van der Waals surface area (Å²) < 4.78 is 7.79. The Morgan fingerprint density at radius 3 is 2.80 bits per heavy atom. The largest absolute Gasteiger partial charge is 0.338 e. The van der Waals surface area contributed by atoms with E-state index in [4.69, 9.17) is 9.51 Å². The average Bonchev–Trinajstić information content (AvgIpc) is 3.12. The second kappa shape index (κ2) is 6.24. The van der Waals surface area contributed by atoms with E-state index < -0.39 is 0 Å². The molecule has 2 aliphatic rings. The summed E-state index contributed by atoms with van der Waals surface area (Å²) in [5.41, 5.74) is 1.28.